The highest BCUT2D eigenvalue weighted by Crippen LogP contribution is 2.22. The third-order valence-corrected chi connectivity index (χ3v) is 2.84. The summed E-state index contributed by atoms with van der Waals surface area (Å²) in [6, 6.07) is 7.12. The van der Waals surface area contributed by atoms with Crippen molar-refractivity contribution in [2.24, 2.45) is 5.92 Å². The van der Waals surface area contributed by atoms with Crippen molar-refractivity contribution >= 4 is 5.69 Å². The summed E-state index contributed by atoms with van der Waals surface area (Å²) in [4.78, 5) is 4.28. The number of ether oxygens (including phenoxy) is 2. The van der Waals surface area contributed by atoms with Crippen LogP contribution in [0, 0.1) is 5.92 Å². The minimum absolute atomic E-state index is 0.177. The van der Waals surface area contributed by atoms with Crippen molar-refractivity contribution in [2.75, 3.05) is 12.8 Å². The van der Waals surface area contributed by atoms with Crippen molar-refractivity contribution in [1.29, 1.82) is 0 Å². The van der Waals surface area contributed by atoms with Gasteiger partial charge in [-0.15, -0.1) is 0 Å². The Balaban J connectivity index is 1.97. The fourth-order valence-corrected chi connectivity index (χ4v) is 1.83. The molecule has 1 heterocycles. The van der Waals surface area contributed by atoms with Gasteiger partial charge in [0.1, 0.15) is 11.9 Å². The first kappa shape index (κ1) is 14.3. The number of rotatable bonds is 6. The van der Waals surface area contributed by atoms with Crippen molar-refractivity contribution in [3.05, 3.63) is 36.0 Å². The minimum atomic E-state index is -0.177. The second-order valence-electron chi connectivity index (χ2n) is 4.80. The summed E-state index contributed by atoms with van der Waals surface area (Å²) in [5.74, 6) is 1.92. The van der Waals surface area contributed by atoms with Crippen molar-refractivity contribution in [1.82, 2.24) is 10.1 Å². The summed E-state index contributed by atoms with van der Waals surface area (Å²) in [5, 5.41) is 3.92. The quantitative estimate of drug-likeness (QED) is 0.817. The molecule has 2 N–H and O–H groups in total. The fourth-order valence-electron chi connectivity index (χ4n) is 1.83. The monoisotopic (exact) mass is 277 g/mol. The smallest absolute Gasteiger partial charge is 0.264 e. The summed E-state index contributed by atoms with van der Waals surface area (Å²) in [6.45, 7) is 4.29. The molecule has 2 rings (SSSR count). The molecular formula is C14H19N3O3. The zero-order valence-electron chi connectivity index (χ0n) is 11.9. The van der Waals surface area contributed by atoms with E-state index in [1.807, 2.05) is 13.8 Å². The zero-order chi connectivity index (χ0) is 14.5. The molecule has 1 aromatic heterocycles. The molecule has 108 valence electrons. The highest BCUT2D eigenvalue weighted by atomic mass is 16.5. The van der Waals surface area contributed by atoms with Crippen LogP contribution in [0.25, 0.3) is 0 Å². The Morgan fingerprint density at radius 2 is 1.95 bits per heavy atom. The maximum absolute atomic E-state index is 5.60. The molecule has 1 aromatic carbocycles. The van der Waals surface area contributed by atoms with E-state index in [1.165, 1.54) is 0 Å². The van der Waals surface area contributed by atoms with Crippen LogP contribution in [0.1, 0.15) is 31.7 Å². The number of nitrogens with two attached hydrogens (primary N) is 1. The molecule has 20 heavy (non-hydrogen) atoms. The number of hydrogen-bond acceptors (Lipinski definition) is 6. The highest BCUT2D eigenvalue weighted by Gasteiger charge is 2.21. The van der Waals surface area contributed by atoms with Crippen molar-refractivity contribution in [3.63, 3.8) is 0 Å². The van der Waals surface area contributed by atoms with E-state index in [9.17, 15) is 0 Å². The standard InChI is InChI=1S/C14H19N3O3/c1-9(2)13(18-3)14-16-12(20-17-14)8-19-11-6-4-10(15)5-7-11/h4-7,9,13H,8,15H2,1-3H3. The van der Waals surface area contributed by atoms with Gasteiger partial charge in [0.25, 0.3) is 5.89 Å². The normalized spacial score (nSPS) is 12.6. The van der Waals surface area contributed by atoms with Gasteiger partial charge in [0.2, 0.25) is 5.82 Å². The van der Waals surface area contributed by atoms with Crippen LogP contribution in [-0.4, -0.2) is 17.3 Å². The Labute approximate surface area is 117 Å². The van der Waals surface area contributed by atoms with Crippen LogP contribution in [-0.2, 0) is 11.3 Å². The molecule has 0 saturated heterocycles. The van der Waals surface area contributed by atoms with Crippen LogP contribution in [0.5, 0.6) is 5.75 Å². The summed E-state index contributed by atoms with van der Waals surface area (Å²) in [7, 11) is 1.63. The molecule has 0 fully saturated rings. The number of aromatic nitrogens is 2. The first-order valence-corrected chi connectivity index (χ1v) is 6.43. The molecule has 0 saturated carbocycles. The van der Waals surface area contributed by atoms with E-state index in [2.05, 4.69) is 10.1 Å². The zero-order valence-corrected chi connectivity index (χ0v) is 11.9. The van der Waals surface area contributed by atoms with Crippen LogP contribution in [0.3, 0.4) is 0 Å². The first-order valence-electron chi connectivity index (χ1n) is 6.43. The Kier molecular flexibility index (Phi) is 4.57. The molecule has 1 atom stereocenters. The van der Waals surface area contributed by atoms with Gasteiger partial charge in [-0.3, -0.25) is 0 Å². The molecule has 0 amide bonds. The first-order chi connectivity index (χ1) is 9.60. The summed E-state index contributed by atoms with van der Waals surface area (Å²) in [5.41, 5.74) is 6.30. The molecule has 6 nitrogen and oxygen atoms in total. The average molecular weight is 277 g/mol. The second-order valence-corrected chi connectivity index (χ2v) is 4.80. The van der Waals surface area contributed by atoms with Gasteiger partial charge < -0.3 is 19.7 Å². The Morgan fingerprint density at radius 3 is 2.55 bits per heavy atom. The Bertz CT molecular complexity index is 537. The third kappa shape index (κ3) is 3.48. The molecule has 0 spiro atoms. The molecule has 0 aliphatic rings. The van der Waals surface area contributed by atoms with E-state index in [-0.39, 0.29) is 18.6 Å². The van der Waals surface area contributed by atoms with Crippen molar-refractivity contribution in [2.45, 2.75) is 26.6 Å². The fraction of sp³-hybridized carbons (Fsp3) is 0.429. The van der Waals surface area contributed by atoms with Crippen LogP contribution in [0.15, 0.2) is 28.8 Å². The van der Waals surface area contributed by atoms with Crippen LogP contribution in [0.4, 0.5) is 5.69 Å². The average Bonchev–Trinajstić information content (AvgIpc) is 2.87. The van der Waals surface area contributed by atoms with Gasteiger partial charge in [0.15, 0.2) is 6.61 Å². The maximum Gasteiger partial charge on any atom is 0.264 e. The Morgan fingerprint density at radius 1 is 1.25 bits per heavy atom. The van der Waals surface area contributed by atoms with E-state index in [4.69, 9.17) is 19.7 Å². The molecule has 6 heteroatoms. The maximum atomic E-state index is 5.60. The lowest BCUT2D eigenvalue weighted by atomic mass is 10.1. The topological polar surface area (TPSA) is 83.4 Å². The molecular weight excluding hydrogens is 258 g/mol. The Hall–Kier alpha value is -2.08. The number of nitrogen functional groups attached to an aromatic ring is 1. The molecule has 0 aliphatic heterocycles. The van der Waals surface area contributed by atoms with Crippen LogP contribution in [0.2, 0.25) is 0 Å². The predicted octanol–water partition coefficient (Wildman–Crippen LogP) is 2.57. The van der Waals surface area contributed by atoms with Gasteiger partial charge in [-0.1, -0.05) is 19.0 Å². The third-order valence-electron chi connectivity index (χ3n) is 2.84. The summed E-state index contributed by atoms with van der Waals surface area (Å²) in [6.07, 6.45) is -0.177. The summed E-state index contributed by atoms with van der Waals surface area (Å²) < 4.78 is 16.0. The van der Waals surface area contributed by atoms with Crippen LogP contribution >= 0.6 is 0 Å². The van der Waals surface area contributed by atoms with Crippen molar-refractivity contribution < 1.29 is 14.0 Å². The van der Waals surface area contributed by atoms with E-state index >= 15 is 0 Å². The molecule has 0 aliphatic carbocycles. The van der Waals surface area contributed by atoms with Gasteiger partial charge in [-0.2, -0.15) is 4.98 Å². The molecule has 2 aromatic rings. The van der Waals surface area contributed by atoms with Crippen LogP contribution < -0.4 is 10.5 Å². The van der Waals surface area contributed by atoms with Gasteiger partial charge in [0.05, 0.1) is 0 Å². The van der Waals surface area contributed by atoms with Gasteiger partial charge in [-0.25, -0.2) is 0 Å². The number of nitrogens with zero attached hydrogens (tertiary/aromatic N) is 2. The summed E-state index contributed by atoms with van der Waals surface area (Å²) >= 11 is 0. The van der Waals surface area contributed by atoms with Gasteiger partial charge in [0, 0.05) is 12.8 Å². The highest BCUT2D eigenvalue weighted by molar-refractivity contribution is 5.41. The van der Waals surface area contributed by atoms with E-state index in [1.54, 1.807) is 31.4 Å². The molecule has 1 unspecified atom stereocenters. The van der Waals surface area contributed by atoms with Gasteiger partial charge >= 0.3 is 0 Å². The second kappa shape index (κ2) is 6.38. The molecule has 0 radical (unpaired) electrons. The number of benzene rings is 1. The van der Waals surface area contributed by atoms with E-state index in [0.29, 0.717) is 23.2 Å². The van der Waals surface area contributed by atoms with Crippen molar-refractivity contribution in [3.8, 4) is 5.75 Å². The lowest BCUT2D eigenvalue weighted by molar-refractivity contribution is 0.0555. The number of methoxy groups -OCH3 is 1. The lowest BCUT2D eigenvalue weighted by Crippen LogP contribution is -2.10. The number of hydrogen-bond donors (Lipinski definition) is 1. The largest absolute Gasteiger partial charge is 0.484 e. The predicted molar refractivity (Wildman–Crippen MR) is 74.1 cm³/mol. The number of anilines is 1. The minimum Gasteiger partial charge on any atom is -0.484 e. The van der Waals surface area contributed by atoms with E-state index in [0.717, 1.165) is 0 Å². The van der Waals surface area contributed by atoms with Gasteiger partial charge in [-0.05, 0) is 30.2 Å². The lowest BCUT2D eigenvalue weighted by Gasteiger charge is -2.14. The molecule has 0 bridgehead atoms. The van der Waals surface area contributed by atoms with E-state index < -0.39 is 0 Å². The SMILES string of the molecule is COC(c1noc(COc2ccc(N)cc2)n1)C(C)C.